The van der Waals surface area contributed by atoms with Crippen molar-refractivity contribution >= 4 is 34.9 Å². The van der Waals surface area contributed by atoms with Crippen LogP contribution in [0.4, 0.5) is 0 Å². The first-order valence-electron chi connectivity index (χ1n) is 5.77. The summed E-state index contributed by atoms with van der Waals surface area (Å²) < 4.78 is 0. The van der Waals surface area contributed by atoms with Crippen LogP contribution >= 0.6 is 24.0 Å². The molecule has 1 amide bonds. The molecule has 0 aromatic rings. The summed E-state index contributed by atoms with van der Waals surface area (Å²) in [5.41, 5.74) is 5.47. The van der Waals surface area contributed by atoms with E-state index in [1.807, 2.05) is 18.7 Å². The number of hydrogen-bond acceptors (Lipinski definition) is 3. The first kappa shape index (κ1) is 13.8. The quantitative estimate of drug-likeness (QED) is 0.764. The lowest BCUT2D eigenvalue weighted by molar-refractivity contribution is -0.131. The number of rotatable bonds is 5. The molecular formula is C11H20N2OS2. The molecule has 1 aliphatic rings. The smallest absolute Gasteiger partial charge is 0.223 e. The number of amides is 1. The third kappa shape index (κ3) is 4.70. The number of likely N-dealkylation sites (N-methyl/N-ethyl adjacent to an activating group) is 1. The van der Waals surface area contributed by atoms with E-state index in [2.05, 4.69) is 0 Å². The van der Waals surface area contributed by atoms with Gasteiger partial charge in [-0.1, -0.05) is 12.2 Å². The molecule has 1 saturated heterocycles. The van der Waals surface area contributed by atoms with E-state index in [4.69, 9.17) is 18.0 Å². The maximum absolute atomic E-state index is 12.0. The number of nitrogens with two attached hydrogens (primary N) is 1. The number of hydrogen-bond donors (Lipinski definition) is 1. The largest absolute Gasteiger partial charge is 0.392 e. The van der Waals surface area contributed by atoms with Gasteiger partial charge in [0.05, 0.1) is 11.5 Å². The van der Waals surface area contributed by atoms with Gasteiger partial charge in [-0.25, -0.2) is 0 Å². The van der Waals surface area contributed by atoms with Gasteiger partial charge >= 0.3 is 0 Å². The average Bonchev–Trinajstić information content (AvgIpc) is 2.26. The lowest BCUT2D eigenvalue weighted by atomic mass is 9.98. The highest BCUT2D eigenvalue weighted by Crippen LogP contribution is 2.25. The third-order valence-electron chi connectivity index (χ3n) is 2.89. The van der Waals surface area contributed by atoms with E-state index in [1.165, 1.54) is 24.3 Å². The predicted molar refractivity (Wildman–Crippen MR) is 73.7 cm³/mol. The van der Waals surface area contributed by atoms with Crippen molar-refractivity contribution in [2.24, 2.45) is 11.7 Å². The van der Waals surface area contributed by atoms with Gasteiger partial charge in [-0.15, -0.1) is 0 Å². The van der Waals surface area contributed by atoms with E-state index >= 15 is 0 Å². The summed E-state index contributed by atoms with van der Waals surface area (Å²) >= 11 is 6.83. The van der Waals surface area contributed by atoms with Crippen LogP contribution in [-0.2, 0) is 4.79 Å². The van der Waals surface area contributed by atoms with Crippen LogP contribution in [-0.4, -0.2) is 40.4 Å². The first-order valence-corrected chi connectivity index (χ1v) is 7.33. The van der Waals surface area contributed by atoms with Crippen molar-refractivity contribution in [3.05, 3.63) is 0 Å². The van der Waals surface area contributed by atoms with E-state index in [0.29, 0.717) is 30.4 Å². The number of nitrogens with zero attached hydrogens (tertiary/aromatic N) is 1. The Kier molecular flexibility index (Phi) is 6.13. The van der Waals surface area contributed by atoms with Crippen LogP contribution in [0.1, 0.15) is 26.2 Å². The topological polar surface area (TPSA) is 46.3 Å². The van der Waals surface area contributed by atoms with E-state index < -0.39 is 0 Å². The minimum absolute atomic E-state index is 0.201. The third-order valence-corrected chi connectivity index (χ3v) is 4.06. The molecule has 92 valence electrons. The van der Waals surface area contributed by atoms with E-state index in [-0.39, 0.29) is 5.91 Å². The van der Waals surface area contributed by atoms with Gasteiger partial charge < -0.3 is 10.6 Å². The molecule has 0 aromatic carbocycles. The highest BCUT2D eigenvalue weighted by atomic mass is 32.2. The Morgan fingerprint density at radius 1 is 1.50 bits per heavy atom. The molecular weight excluding hydrogens is 240 g/mol. The van der Waals surface area contributed by atoms with Crippen LogP contribution in [0.15, 0.2) is 0 Å². The highest BCUT2D eigenvalue weighted by Gasteiger charge is 2.20. The molecule has 0 atom stereocenters. The molecule has 1 fully saturated rings. The molecule has 0 spiro atoms. The number of carbonyl (C=O) groups excluding carboxylic acids is 1. The second kappa shape index (κ2) is 7.12. The molecule has 1 aliphatic heterocycles. The van der Waals surface area contributed by atoms with Crippen molar-refractivity contribution in [2.75, 3.05) is 24.6 Å². The Morgan fingerprint density at radius 3 is 2.62 bits per heavy atom. The molecule has 1 heterocycles. The van der Waals surface area contributed by atoms with Crippen molar-refractivity contribution < 1.29 is 4.79 Å². The summed E-state index contributed by atoms with van der Waals surface area (Å²) in [5, 5.41) is 0. The molecule has 0 radical (unpaired) electrons. The highest BCUT2D eigenvalue weighted by molar-refractivity contribution is 7.99. The van der Waals surface area contributed by atoms with Gasteiger partial charge in [0, 0.05) is 13.0 Å². The van der Waals surface area contributed by atoms with Crippen LogP contribution in [0.25, 0.3) is 0 Å². The van der Waals surface area contributed by atoms with E-state index in [0.717, 1.165) is 0 Å². The van der Waals surface area contributed by atoms with Crippen LogP contribution in [0.5, 0.6) is 0 Å². The van der Waals surface area contributed by atoms with Crippen LogP contribution in [0.3, 0.4) is 0 Å². The summed E-state index contributed by atoms with van der Waals surface area (Å²) in [6, 6.07) is 0. The van der Waals surface area contributed by atoms with E-state index in [9.17, 15) is 4.79 Å². The number of carbonyl (C=O) groups is 1. The van der Waals surface area contributed by atoms with Gasteiger partial charge in [0.25, 0.3) is 0 Å². The Morgan fingerprint density at radius 2 is 2.12 bits per heavy atom. The summed E-state index contributed by atoms with van der Waals surface area (Å²) in [7, 11) is 0. The second-order valence-electron chi connectivity index (χ2n) is 4.13. The first-order chi connectivity index (χ1) is 7.63. The summed E-state index contributed by atoms with van der Waals surface area (Å²) in [4.78, 5) is 14.1. The van der Waals surface area contributed by atoms with Crippen molar-refractivity contribution in [2.45, 2.75) is 26.2 Å². The molecule has 0 bridgehead atoms. The zero-order chi connectivity index (χ0) is 12.0. The van der Waals surface area contributed by atoms with Crippen LogP contribution in [0, 0.1) is 5.92 Å². The van der Waals surface area contributed by atoms with Gasteiger partial charge in [0.1, 0.15) is 0 Å². The van der Waals surface area contributed by atoms with Crippen LogP contribution in [0.2, 0.25) is 0 Å². The maximum atomic E-state index is 12.0. The van der Waals surface area contributed by atoms with Crippen molar-refractivity contribution in [3.63, 3.8) is 0 Å². The molecule has 1 rings (SSSR count). The second-order valence-corrected chi connectivity index (χ2v) is 5.88. The molecule has 0 aliphatic carbocycles. The lowest BCUT2D eigenvalue weighted by Crippen LogP contribution is -2.38. The van der Waals surface area contributed by atoms with Gasteiger partial charge in [0.2, 0.25) is 5.91 Å². The lowest BCUT2D eigenvalue weighted by Gasteiger charge is -2.25. The molecule has 3 nitrogen and oxygen atoms in total. The molecule has 0 saturated carbocycles. The number of thioether (sulfide) groups is 1. The fourth-order valence-electron chi connectivity index (χ4n) is 1.89. The van der Waals surface area contributed by atoms with Crippen molar-refractivity contribution in [1.29, 1.82) is 0 Å². The van der Waals surface area contributed by atoms with Gasteiger partial charge in [-0.2, -0.15) is 11.8 Å². The normalized spacial score (nSPS) is 17.1. The Hall–Kier alpha value is -0.290. The van der Waals surface area contributed by atoms with Gasteiger partial charge in [0.15, 0.2) is 0 Å². The molecule has 0 unspecified atom stereocenters. The monoisotopic (exact) mass is 260 g/mol. The predicted octanol–water partition coefficient (Wildman–Crippen LogP) is 1.65. The Bertz CT molecular complexity index is 252. The zero-order valence-corrected chi connectivity index (χ0v) is 11.4. The Labute approximate surface area is 107 Å². The maximum Gasteiger partial charge on any atom is 0.223 e. The molecule has 5 heteroatoms. The summed E-state index contributed by atoms with van der Waals surface area (Å²) in [5.74, 6) is 3.15. The Balaban J connectivity index is 2.38. The fourth-order valence-corrected chi connectivity index (χ4v) is 3.25. The minimum atomic E-state index is 0.201. The SMILES string of the molecule is CCN(CC(N)=S)C(=O)CC1CCSCC1. The standard InChI is InChI=1S/C11H20N2OS2/c1-2-13(8-10(12)15)11(14)7-9-3-5-16-6-4-9/h9H,2-8H2,1H3,(H2,12,15). The molecule has 2 N–H and O–H groups in total. The average molecular weight is 260 g/mol. The van der Waals surface area contributed by atoms with Gasteiger partial charge in [-0.3, -0.25) is 4.79 Å². The van der Waals surface area contributed by atoms with Gasteiger partial charge in [-0.05, 0) is 37.2 Å². The fraction of sp³-hybridized carbons (Fsp3) is 0.818. The van der Waals surface area contributed by atoms with Crippen molar-refractivity contribution in [3.8, 4) is 0 Å². The minimum Gasteiger partial charge on any atom is -0.392 e. The number of thiocarbonyl (C=S) groups is 1. The van der Waals surface area contributed by atoms with E-state index in [1.54, 1.807) is 4.90 Å². The van der Waals surface area contributed by atoms with Crippen LogP contribution < -0.4 is 5.73 Å². The summed E-state index contributed by atoms with van der Waals surface area (Å²) in [6.45, 7) is 3.08. The summed E-state index contributed by atoms with van der Waals surface area (Å²) in [6.07, 6.45) is 3.00. The van der Waals surface area contributed by atoms with Crippen molar-refractivity contribution in [1.82, 2.24) is 4.90 Å². The molecule has 16 heavy (non-hydrogen) atoms. The zero-order valence-electron chi connectivity index (χ0n) is 9.78. The molecule has 0 aromatic heterocycles.